The minimum Gasteiger partial charge on any atom is -0.354 e. The largest absolute Gasteiger partial charge is 0.354 e. The van der Waals surface area contributed by atoms with Crippen molar-refractivity contribution in [1.82, 2.24) is 19.9 Å². The smallest absolute Gasteiger partial charge is 0.256 e. The zero-order valence-electron chi connectivity index (χ0n) is 15.3. The van der Waals surface area contributed by atoms with Gasteiger partial charge in [-0.05, 0) is 29.4 Å². The number of nitrogens with zero attached hydrogens (tertiary/aromatic N) is 1. The molecule has 0 fully saturated rings. The summed E-state index contributed by atoms with van der Waals surface area (Å²) in [4.78, 5) is 24.1. The molecule has 1 aliphatic heterocycles. The number of hydrogen-bond acceptors (Lipinski definition) is 3. The fourth-order valence-corrected chi connectivity index (χ4v) is 4.30. The molecular weight excluding hydrogens is 368 g/mol. The number of hydrogen-bond donors (Lipinski definition) is 3. The number of aromatic nitrogens is 3. The van der Waals surface area contributed by atoms with E-state index in [0.717, 1.165) is 42.0 Å². The van der Waals surface area contributed by atoms with Gasteiger partial charge < -0.3 is 9.97 Å². The highest BCUT2D eigenvalue weighted by Crippen LogP contribution is 2.32. The number of benzene rings is 2. The number of H-pyrrole nitrogens is 3. The number of fused-ring (bicyclic) bond motifs is 2. The summed E-state index contributed by atoms with van der Waals surface area (Å²) in [5.41, 5.74) is 6.40. The van der Waals surface area contributed by atoms with Crippen molar-refractivity contribution in [3.8, 4) is 11.3 Å². The summed E-state index contributed by atoms with van der Waals surface area (Å²) < 4.78 is 0.403. The Hall–Kier alpha value is -2.96. The van der Waals surface area contributed by atoms with E-state index in [9.17, 15) is 4.79 Å². The fraction of sp³-hybridized carbons (Fsp3) is 0.182. The average molecular weight is 388 g/mol. The van der Waals surface area contributed by atoms with E-state index in [1.165, 1.54) is 16.5 Å². The maximum atomic E-state index is 12.4. The van der Waals surface area contributed by atoms with E-state index < -0.39 is 0 Å². The van der Waals surface area contributed by atoms with E-state index in [1.807, 2.05) is 6.07 Å². The maximum Gasteiger partial charge on any atom is 0.256 e. The predicted octanol–water partition coefficient (Wildman–Crippen LogP) is 4.14. The van der Waals surface area contributed by atoms with E-state index in [0.29, 0.717) is 11.3 Å². The first-order chi connectivity index (χ1) is 13.7. The van der Waals surface area contributed by atoms with Crippen molar-refractivity contribution < 1.29 is 0 Å². The first-order valence-electron chi connectivity index (χ1n) is 9.41. The van der Waals surface area contributed by atoms with Crippen molar-refractivity contribution in [3.63, 3.8) is 0 Å². The summed E-state index contributed by atoms with van der Waals surface area (Å²) in [6.45, 7) is 2.28. The van der Waals surface area contributed by atoms with Gasteiger partial charge in [0.05, 0.1) is 11.3 Å². The lowest BCUT2D eigenvalue weighted by molar-refractivity contribution is 0.243. The summed E-state index contributed by atoms with van der Waals surface area (Å²) >= 11 is 5.10. The predicted molar refractivity (Wildman–Crippen MR) is 114 cm³/mol. The van der Waals surface area contributed by atoms with Gasteiger partial charge in [-0.2, -0.15) is 0 Å². The normalized spacial score (nSPS) is 14.3. The molecule has 0 unspecified atom stereocenters. The van der Waals surface area contributed by atoms with Gasteiger partial charge in [0.15, 0.2) is 4.77 Å². The molecule has 1 aliphatic rings. The van der Waals surface area contributed by atoms with Crippen molar-refractivity contribution in [2.75, 3.05) is 6.54 Å². The summed E-state index contributed by atoms with van der Waals surface area (Å²) in [7, 11) is 0. The van der Waals surface area contributed by atoms with Gasteiger partial charge in [0.2, 0.25) is 0 Å². The first kappa shape index (κ1) is 17.2. The Bertz CT molecular complexity index is 1270. The van der Waals surface area contributed by atoms with Gasteiger partial charge in [-0.25, -0.2) is 0 Å². The molecule has 140 valence electrons. The minimum atomic E-state index is -0.0781. The molecule has 3 N–H and O–H groups in total. The number of para-hydroxylation sites is 1. The van der Waals surface area contributed by atoms with Crippen LogP contribution < -0.4 is 5.56 Å². The van der Waals surface area contributed by atoms with Crippen LogP contribution in [0.3, 0.4) is 0 Å². The Kier molecular flexibility index (Phi) is 4.22. The quantitative estimate of drug-likeness (QED) is 0.462. The molecular formula is C22H20N4OS. The highest BCUT2D eigenvalue weighted by molar-refractivity contribution is 7.71. The van der Waals surface area contributed by atoms with Crippen LogP contribution in [0.25, 0.3) is 22.2 Å². The molecule has 0 atom stereocenters. The molecule has 0 bridgehead atoms. The third-order valence-corrected chi connectivity index (χ3v) is 5.65. The van der Waals surface area contributed by atoms with Gasteiger partial charge in [0, 0.05) is 42.7 Å². The molecule has 5 nitrogen and oxygen atoms in total. The van der Waals surface area contributed by atoms with E-state index in [4.69, 9.17) is 12.2 Å². The molecule has 0 saturated heterocycles. The van der Waals surface area contributed by atoms with Crippen LogP contribution in [0.5, 0.6) is 0 Å². The molecule has 0 saturated carbocycles. The Morgan fingerprint density at radius 2 is 1.75 bits per heavy atom. The first-order valence-corrected chi connectivity index (χ1v) is 9.81. The molecule has 4 aromatic rings. The monoisotopic (exact) mass is 388 g/mol. The van der Waals surface area contributed by atoms with Crippen molar-refractivity contribution in [3.05, 3.63) is 86.5 Å². The molecule has 3 heterocycles. The number of aromatic amines is 3. The second-order valence-corrected chi connectivity index (χ2v) is 7.62. The highest BCUT2D eigenvalue weighted by atomic mass is 32.1. The van der Waals surface area contributed by atoms with E-state index in [1.54, 1.807) is 0 Å². The van der Waals surface area contributed by atoms with Gasteiger partial charge in [-0.1, -0.05) is 48.5 Å². The van der Waals surface area contributed by atoms with E-state index in [-0.39, 0.29) is 5.56 Å². The summed E-state index contributed by atoms with van der Waals surface area (Å²) in [5.74, 6) is 0. The molecule has 0 amide bonds. The Labute approximate surface area is 167 Å². The fourth-order valence-electron chi connectivity index (χ4n) is 4.09. The molecule has 2 aromatic carbocycles. The van der Waals surface area contributed by atoms with Crippen LogP contribution >= 0.6 is 12.2 Å². The third-order valence-electron chi connectivity index (χ3n) is 5.45. The van der Waals surface area contributed by atoms with Crippen molar-refractivity contribution in [2.45, 2.75) is 19.5 Å². The van der Waals surface area contributed by atoms with Crippen LogP contribution in [0.2, 0.25) is 0 Å². The Balaban J connectivity index is 1.55. The molecule has 2 aromatic heterocycles. The van der Waals surface area contributed by atoms with Crippen LogP contribution in [0.1, 0.15) is 16.8 Å². The van der Waals surface area contributed by atoms with Gasteiger partial charge in [-0.3, -0.25) is 14.7 Å². The number of nitrogens with one attached hydrogen (secondary N) is 3. The molecule has 5 rings (SSSR count). The van der Waals surface area contributed by atoms with Gasteiger partial charge >= 0.3 is 0 Å². The molecule has 0 spiro atoms. The second kappa shape index (κ2) is 6.89. The van der Waals surface area contributed by atoms with Crippen LogP contribution in [0.4, 0.5) is 0 Å². The molecule has 0 aliphatic carbocycles. The van der Waals surface area contributed by atoms with Crippen molar-refractivity contribution in [2.24, 2.45) is 0 Å². The summed E-state index contributed by atoms with van der Waals surface area (Å²) in [6.07, 6.45) is 0.798. The van der Waals surface area contributed by atoms with E-state index in [2.05, 4.69) is 68.4 Å². The minimum absolute atomic E-state index is 0.0781. The zero-order valence-corrected chi connectivity index (χ0v) is 16.1. The zero-order chi connectivity index (χ0) is 19.1. The average Bonchev–Trinajstić information content (AvgIpc) is 3.08. The van der Waals surface area contributed by atoms with E-state index >= 15 is 0 Å². The highest BCUT2D eigenvalue weighted by Gasteiger charge is 2.22. The third kappa shape index (κ3) is 3.00. The SMILES string of the molecule is O=c1[nH]c(=S)[nH]c2c1CN(Cc1c(-c3ccccc3)[nH]c3ccccc13)CC2. The van der Waals surface area contributed by atoms with Gasteiger partial charge in [-0.15, -0.1) is 0 Å². The molecule has 28 heavy (non-hydrogen) atoms. The standard InChI is InChI=1S/C22H20N4OS/c27-21-17-13-26(11-10-19(17)24-22(28)25-21)12-16-15-8-4-5-9-18(15)23-20(16)14-6-2-1-3-7-14/h1-9,23H,10-13H2,(H2,24,25,27,28). The summed E-state index contributed by atoms with van der Waals surface area (Å²) in [5, 5.41) is 1.23. The maximum absolute atomic E-state index is 12.4. The lowest BCUT2D eigenvalue weighted by atomic mass is 10.0. The van der Waals surface area contributed by atoms with Crippen LogP contribution in [0, 0.1) is 4.77 Å². The second-order valence-electron chi connectivity index (χ2n) is 7.22. The van der Waals surface area contributed by atoms with Crippen LogP contribution in [0.15, 0.2) is 59.4 Å². The topological polar surface area (TPSA) is 67.7 Å². The van der Waals surface area contributed by atoms with Crippen LogP contribution in [-0.4, -0.2) is 26.4 Å². The van der Waals surface area contributed by atoms with Crippen molar-refractivity contribution >= 4 is 23.1 Å². The molecule has 0 radical (unpaired) electrons. The van der Waals surface area contributed by atoms with Crippen molar-refractivity contribution in [1.29, 1.82) is 0 Å². The van der Waals surface area contributed by atoms with Crippen LogP contribution in [-0.2, 0) is 19.5 Å². The lowest BCUT2D eigenvalue weighted by Gasteiger charge is -2.28. The summed E-state index contributed by atoms with van der Waals surface area (Å²) in [6, 6.07) is 18.8. The van der Waals surface area contributed by atoms with Gasteiger partial charge in [0.25, 0.3) is 5.56 Å². The lowest BCUT2D eigenvalue weighted by Crippen LogP contribution is -2.35. The molecule has 6 heteroatoms. The van der Waals surface area contributed by atoms with Gasteiger partial charge in [0.1, 0.15) is 0 Å². The Morgan fingerprint density at radius 1 is 0.964 bits per heavy atom. The Morgan fingerprint density at radius 3 is 2.61 bits per heavy atom. The number of rotatable bonds is 3.